The predicted octanol–water partition coefficient (Wildman–Crippen LogP) is 4.38. The molecule has 0 aromatic heterocycles. The van der Waals surface area contributed by atoms with E-state index in [-0.39, 0.29) is 0 Å². The molecule has 2 rings (SSSR count). The molecule has 0 fully saturated rings. The van der Waals surface area contributed by atoms with Crippen LogP contribution in [0.5, 0.6) is 0 Å². The molecule has 0 amide bonds. The van der Waals surface area contributed by atoms with Crippen molar-refractivity contribution >= 4 is 0 Å². The third-order valence-corrected chi connectivity index (χ3v) is 3.24. The summed E-state index contributed by atoms with van der Waals surface area (Å²) in [6.45, 7) is 0. The Labute approximate surface area is 81.7 Å². The van der Waals surface area contributed by atoms with Crippen LogP contribution in [0.4, 0.5) is 0 Å². The van der Waals surface area contributed by atoms with E-state index in [1.54, 1.807) is 11.1 Å². The van der Waals surface area contributed by atoms with E-state index in [1.165, 1.54) is 57.8 Å². The van der Waals surface area contributed by atoms with Crippen LogP contribution in [0, 0.1) is 0 Å². The highest BCUT2D eigenvalue weighted by atomic mass is 14.2. The van der Waals surface area contributed by atoms with Gasteiger partial charge in [0.25, 0.3) is 0 Å². The van der Waals surface area contributed by atoms with Crippen LogP contribution in [0.15, 0.2) is 23.3 Å². The molecule has 0 bridgehead atoms. The third-order valence-electron chi connectivity index (χ3n) is 3.24. The minimum absolute atomic E-state index is 1.33. The van der Waals surface area contributed by atoms with Crippen LogP contribution in [-0.4, -0.2) is 0 Å². The lowest BCUT2D eigenvalue weighted by Crippen LogP contribution is -1.92. The molecule has 0 spiro atoms. The second-order valence-electron chi connectivity index (χ2n) is 4.30. The van der Waals surface area contributed by atoms with Crippen molar-refractivity contribution in [3.05, 3.63) is 23.3 Å². The van der Waals surface area contributed by atoms with Crippen molar-refractivity contribution in [2.75, 3.05) is 0 Å². The fourth-order valence-corrected chi connectivity index (χ4v) is 2.45. The van der Waals surface area contributed by atoms with Crippen molar-refractivity contribution in [3.8, 4) is 0 Å². The summed E-state index contributed by atoms with van der Waals surface area (Å²) in [7, 11) is 0. The number of hydrogen-bond donors (Lipinski definition) is 0. The SMILES string of the molecule is C1=C(C2=CCCCCCC2)CCC1. The van der Waals surface area contributed by atoms with E-state index in [0.717, 1.165) is 0 Å². The Morgan fingerprint density at radius 1 is 0.615 bits per heavy atom. The molecule has 0 N–H and O–H groups in total. The molecular weight excluding hydrogens is 156 g/mol. The fraction of sp³-hybridized carbons (Fsp3) is 0.692. The lowest BCUT2D eigenvalue weighted by atomic mass is 9.94. The predicted molar refractivity (Wildman–Crippen MR) is 57.7 cm³/mol. The van der Waals surface area contributed by atoms with Gasteiger partial charge in [-0.15, -0.1) is 0 Å². The minimum Gasteiger partial charge on any atom is -0.0811 e. The first-order chi connectivity index (χ1) is 6.47. The molecule has 0 atom stereocenters. The Morgan fingerprint density at radius 3 is 1.92 bits per heavy atom. The summed E-state index contributed by atoms with van der Waals surface area (Å²) in [5.74, 6) is 0. The van der Waals surface area contributed by atoms with Gasteiger partial charge in [0.05, 0.1) is 0 Å². The second-order valence-corrected chi connectivity index (χ2v) is 4.30. The summed E-state index contributed by atoms with van der Waals surface area (Å²) in [6, 6.07) is 0. The highest BCUT2D eigenvalue weighted by Crippen LogP contribution is 2.30. The first-order valence-electron chi connectivity index (χ1n) is 5.85. The first kappa shape index (κ1) is 9.05. The topological polar surface area (TPSA) is 0 Å². The van der Waals surface area contributed by atoms with Crippen LogP contribution in [0.25, 0.3) is 0 Å². The summed E-state index contributed by atoms with van der Waals surface area (Å²) in [5.41, 5.74) is 3.37. The van der Waals surface area contributed by atoms with E-state index >= 15 is 0 Å². The van der Waals surface area contributed by atoms with Crippen molar-refractivity contribution in [1.82, 2.24) is 0 Å². The summed E-state index contributed by atoms with van der Waals surface area (Å²) < 4.78 is 0. The standard InChI is InChI=1S/C13H20/c1-2-4-8-12(9-5-3-1)13-10-6-7-11-13/h8,10H,1-7,9,11H2. The van der Waals surface area contributed by atoms with E-state index in [9.17, 15) is 0 Å². The van der Waals surface area contributed by atoms with Crippen LogP contribution < -0.4 is 0 Å². The molecular formula is C13H20. The second kappa shape index (κ2) is 4.64. The van der Waals surface area contributed by atoms with Crippen molar-refractivity contribution in [1.29, 1.82) is 0 Å². The monoisotopic (exact) mass is 176 g/mol. The Kier molecular flexibility index (Phi) is 3.23. The van der Waals surface area contributed by atoms with Gasteiger partial charge in [-0.05, 0) is 56.1 Å². The molecule has 2 aliphatic carbocycles. The molecule has 0 radical (unpaired) electrons. The van der Waals surface area contributed by atoms with Crippen molar-refractivity contribution in [3.63, 3.8) is 0 Å². The fourth-order valence-electron chi connectivity index (χ4n) is 2.45. The van der Waals surface area contributed by atoms with Gasteiger partial charge in [0, 0.05) is 0 Å². The first-order valence-corrected chi connectivity index (χ1v) is 5.85. The molecule has 0 heteroatoms. The molecule has 0 saturated carbocycles. The van der Waals surface area contributed by atoms with Gasteiger partial charge in [-0.1, -0.05) is 25.0 Å². The average molecular weight is 176 g/mol. The average Bonchev–Trinajstić information content (AvgIpc) is 2.55. The van der Waals surface area contributed by atoms with Crippen LogP contribution in [-0.2, 0) is 0 Å². The zero-order chi connectivity index (χ0) is 8.93. The van der Waals surface area contributed by atoms with E-state index in [4.69, 9.17) is 0 Å². The molecule has 0 unspecified atom stereocenters. The van der Waals surface area contributed by atoms with E-state index < -0.39 is 0 Å². The summed E-state index contributed by atoms with van der Waals surface area (Å²) in [4.78, 5) is 0. The number of hydrogen-bond acceptors (Lipinski definition) is 0. The number of allylic oxidation sites excluding steroid dienone is 4. The lowest BCUT2D eigenvalue weighted by Gasteiger charge is -2.12. The lowest BCUT2D eigenvalue weighted by molar-refractivity contribution is 0.626. The maximum absolute atomic E-state index is 2.51. The van der Waals surface area contributed by atoms with Gasteiger partial charge in [-0.25, -0.2) is 0 Å². The van der Waals surface area contributed by atoms with Crippen molar-refractivity contribution in [2.24, 2.45) is 0 Å². The third kappa shape index (κ3) is 2.46. The molecule has 0 aromatic rings. The van der Waals surface area contributed by atoms with Crippen molar-refractivity contribution < 1.29 is 0 Å². The number of rotatable bonds is 1. The maximum Gasteiger partial charge on any atom is -0.0276 e. The van der Waals surface area contributed by atoms with E-state index in [0.29, 0.717) is 0 Å². The summed E-state index contributed by atoms with van der Waals surface area (Å²) >= 11 is 0. The highest BCUT2D eigenvalue weighted by molar-refractivity contribution is 5.33. The highest BCUT2D eigenvalue weighted by Gasteiger charge is 2.10. The van der Waals surface area contributed by atoms with Gasteiger partial charge < -0.3 is 0 Å². The van der Waals surface area contributed by atoms with Crippen LogP contribution in [0.3, 0.4) is 0 Å². The Balaban J connectivity index is 2.01. The van der Waals surface area contributed by atoms with Gasteiger partial charge >= 0.3 is 0 Å². The Morgan fingerprint density at radius 2 is 1.23 bits per heavy atom. The van der Waals surface area contributed by atoms with Gasteiger partial charge in [-0.2, -0.15) is 0 Å². The molecule has 2 aliphatic rings. The van der Waals surface area contributed by atoms with Crippen molar-refractivity contribution in [2.45, 2.75) is 57.8 Å². The molecule has 0 saturated heterocycles. The normalized spacial score (nSPS) is 24.6. The quantitative estimate of drug-likeness (QED) is 0.556. The zero-order valence-corrected chi connectivity index (χ0v) is 8.52. The van der Waals surface area contributed by atoms with Gasteiger partial charge in [-0.3, -0.25) is 0 Å². The molecule has 72 valence electrons. The molecule has 13 heavy (non-hydrogen) atoms. The minimum atomic E-state index is 1.33. The smallest absolute Gasteiger partial charge is 0.0276 e. The van der Waals surface area contributed by atoms with Gasteiger partial charge in [0.2, 0.25) is 0 Å². The Hall–Kier alpha value is -0.520. The van der Waals surface area contributed by atoms with Crippen LogP contribution in [0.2, 0.25) is 0 Å². The molecule has 0 heterocycles. The van der Waals surface area contributed by atoms with Crippen LogP contribution in [0.1, 0.15) is 57.8 Å². The summed E-state index contributed by atoms with van der Waals surface area (Å²) in [5, 5.41) is 0. The van der Waals surface area contributed by atoms with Gasteiger partial charge in [0.1, 0.15) is 0 Å². The van der Waals surface area contributed by atoms with E-state index in [2.05, 4.69) is 12.2 Å². The van der Waals surface area contributed by atoms with E-state index in [1.807, 2.05) is 0 Å². The van der Waals surface area contributed by atoms with Gasteiger partial charge in [0.15, 0.2) is 0 Å². The van der Waals surface area contributed by atoms with Crippen LogP contribution >= 0.6 is 0 Å². The molecule has 0 aliphatic heterocycles. The maximum atomic E-state index is 2.51. The summed E-state index contributed by atoms with van der Waals surface area (Å²) in [6.07, 6.45) is 17.5. The largest absolute Gasteiger partial charge is 0.0811 e. The molecule has 0 nitrogen and oxygen atoms in total. The molecule has 0 aromatic carbocycles. The zero-order valence-electron chi connectivity index (χ0n) is 8.52. The Bertz CT molecular complexity index is 220.